The molecule has 2 aromatic rings. The Bertz CT molecular complexity index is 869. The van der Waals surface area contributed by atoms with Gasteiger partial charge in [-0.15, -0.1) is 0 Å². The zero-order valence-corrected chi connectivity index (χ0v) is 14.2. The molecule has 2 N–H and O–H groups in total. The van der Waals surface area contributed by atoms with Gasteiger partial charge in [-0.05, 0) is 37.3 Å². The molecule has 0 heterocycles. The van der Waals surface area contributed by atoms with Crippen molar-refractivity contribution >= 4 is 34.4 Å². The quantitative estimate of drug-likeness (QED) is 0.356. The number of hydrogen-bond donors (Lipinski definition) is 2. The smallest absolute Gasteiger partial charge is 0.331 e. The van der Waals surface area contributed by atoms with Gasteiger partial charge in [0.15, 0.2) is 5.11 Å². The van der Waals surface area contributed by atoms with Gasteiger partial charge >= 0.3 is 6.18 Å². The van der Waals surface area contributed by atoms with Gasteiger partial charge in [-0.1, -0.05) is 24.3 Å². The van der Waals surface area contributed by atoms with Crippen molar-refractivity contribution in [2.24, 2.45) is 5.10 Å². The minimum atomic E-state index is -4.54. The van der Waals surface area contributed by atoms with Crippen LogP contribution < -0.4 is 10.7 Å². The maximum absolute atomic E-state index is 13.0. The van der Waals surface area contributed by atoms with Crippen LogP contribution in [-0.2, 0) is 6.18 Å². The molecule has 0 unspecified atom stereocenters. The highest BCUT2D eigenvalue weighted by molar-refractivity contribution is 7.80. The highest BCUT2D eigenvalue weighted by Gasteiger charge is 2.33. The van der Waals surface area contributed by atoms with E-state index in [4.69, 9.17) is 12.2 Å². The summed E-state index contributed by atoms with van der Waals surface area (Å²) in [6.07, 6.45) is -4.54. The van der Waals surface area contributed by atoms with E-state index in [1.165, 1.54) is 43.3 Å². The number of rotatable bonds is 4. The van der Waals surface area contributed by atoms with E-state index in [0.717, 1.165) is 6.07 Å². The number of hydrogen-bond acceptors (Lipinski definition) is 4. The first kappa shape index (κ1) is 19.3. The number of nitro groups is 1. The highest BCUT2D eigenvalue weighted by atomic mass is 32.1. The summed E-state index contributed by atoms with van der Waals surface area (Å²) in [6.45, 7) is 1.52. The first-order valence-electron chi connectivity index (χ1n) is 7.21. The molecule has 136 valence electrons. The van der Waals surface area contributed by atoms with Crippen LogP contribution in [0.15, 0.2) is 53.6 Å². The maximum Gasteiger partial charge on any atom is 0.418 e. The number of nitrogens with zero attached hydrogens (tertiary/aromatic N) is 2. The minimum absolute atomic E-state index is 0.142. The molecule has 0 saturated heterocycles. The third kappa shape index (κ3) is 4.76. The zero-order valence-electron chi connectivity index (χ0n) is 13.4. The van der Waals surface area contributed by atoms with E-state index in [1.54, 1.807) is 6.07 Å². The third-order valence-electron chi connectivity index (χ3n) is 3.30. The van der Waals surface area contributed by atoms with E-state index in [0.29, 0.717) is 0 Å². The Morgan fingerprint density at radius 1 is 1.15 bits per heavy atom. The fourth-order valence-corrected chi connectivity index (χ4v) is 2.28. The van der Waals surface area contributed by atoms with Crippen LogP contribution in [0.25, 0.3) is 0 Å². The van der Waals surface area contributed by atoms with Gasteiger partial charge in [-0.25, -0.2) is 0 Å². The Morgan fingerprint density at radius 3 is 2.42 bits per heavy atom. The third-order valence-corrected chi connectivity index (χ3v) is 3.49. The fourth-order valence-electron chi connectivity index (χ4n) is 2.12. The molecule has 0 fully saturated rings. The van der Waals surface area contributed by atoms with Crippen LogP contribution >= 0.6 is 12.2 Å². The summed E-state index contributed by atoms with van der Waals surface area (Å²) in [5, 5.41) is 17.2. The molecule has 0 aliphatic rings. The minimum Gasteiger partial charge on any atom is -0.331 e. The van der Waals surface area contributed by atoms with Gasteiger partial charge in [0.1, 0.15) is 0 Å². The maximum atomic E-state index is 13.0. The Kier molecular flexibility index (Phi) is 5.88. The summed E-state index contributed by atoms with van der Waals surface area (Å²) in [7, 11) is 0. The number of nitro benzene ring substituents is 1. The molecule has 6 nitrogen and oxygen atoms in total. The van der Waals surface area contributed by atoms with Gasteiger partial charge in [-0.2, -0.15) is 18.3 Å². The normalized spacial score (nSPS) is 11.8. The Labute approximate surface area is 151 Å². The average molecular weight is 382 g/mol. The lowest BCUT2D eigenvalue weighted by Gasteiger charge is -2.14. The number of alkyl halides is 3. The van der Waals surface area contributed by atoms with Crippen molar-refractivity contribution in [1.29, 1.82) is 0 Å². The van der Waals surface area contributed by atoms with Crippen molar-refractivity contribution in [3.05, 3.63) is 69.8 Å². The summed E-state index contributed by atoms with van der Waals surface area (Å²) in [4.78, 5) is 10.5. The van der Waals surface area contributed by atoms with E-state index >= 15 is 0 Å². The number of benzene rings is 2. The monoisotopic (exact) mass is 382 g/mol. The Hall–Kier alpha value is -3.01. The number of nitrogens with one attached hydrogen (secondary N) is 2. The molecule has 0 amide bonds. The van der Waals surface area contributed by atoms with Crippen LogP contribution in [0.2, 0.25) is 0 Å². The van der Waals surface area contributed by atoms with Crippen LogP contribution in [0.4, 0.5) is 24.5 Å². The molecular weight excluding hydrogens is 369 g/mol. The zero-order chi connectivity index (χ0) is 19.3. The summed E-state index contributed by atoms with van der Waals surface area (Å²) in [6, 6.07) is 10.8. The predicted molar refractivity (Wildman–Crippen MR) is 96.1 cm³/mol. The fraction of sp³-hybridized carbons (Fsp3) is 0.125. The lowest BCUT2D eigenvalue weighted by Crippen LogP contribution is -2.26. The van der Waals surface area contributed by atoms with Crippen molar-refractivity contribution < 1.29 is 18.1 Å². The number of para-hydroxylation sites is 2. The second-order valence-electron chi connectivity index (χ2n) is 5.08. The molecule has 0 aliphatic carbocycles. The molecular formula is C16H13F3N4O2S. The van der Waals surface area contributed by atoms with Crippen LogP contribution in [-0.4, -0.2) is 15.7 Å². The largest absolute Gasteiger partial charge is 0.418 e. The molecule has 0 atom stereocenters. The van der Waals surface area contributed by atoms with Gasteiger partial charge in [0.05, 0.1) is 27.4 Å². The SMILES string of the molecule is C/C(=N/NC(=S)Nc1ccccc1C(F)(F)F)c1ccccc1[N+](=O)[O-]. The second kappa shape index (κ2) is 7.91. The Morgan fingerprint density at radius 2 is 1.77 bits per heavy atom. The molecule has 26 heavy (non-hydrogen) atoms. The summed E-state index contributed by atoms with van der Waals surface area (Å²) < 4.78 is 38.9. The number of halogens is 3. The highest BCUT2D eigenvalue weighted by Crippen LogP contribution is 2.34. The molecule has 0 radical (unpaired) electrons. The van der Waals surface area contributed by atoms with Crippen molar-refractivity contribution in [3.63, 3.8) is 0 Å². The molecule has 10 heteroatoms. The van der Waals surface area contributed by atoms with Crippen molar-refractivity contribution in [1.82, 2.24) is 5.43 Å². The second-order valence-corrected chi connectivity index (χ2v) is 5.49. The van der Waals surface area contributed by atoms with Crippen LogP contribution in [0.1, 0.15) is 18.1 Å². The van der Waals surface area contributed by atoms with E-state index in [9.17, 15) is 23.3 Å². The van der Waals surface area contributed by atoms with Crippen molar-refractivity contribution in [3.8, 4) is 0 Å². The van der Waals surface area contributed by atoms with E-state index < -0.39 is 16.7 Å². The summed E-state index contributed by atoms with van der Waals surface area (Å²) in [5.74, 6) is 0. The molecule has 0 spiro atoms. The molecule has 0 aromatic heterocycles. The van der Waals surface area contributed by atoms with Crippen LogP contribution in [0.3, 0.4) is 0 Å². The topological polar surface area (TPSA) is 79.6 Å². The van der Waals surface area contributed by atoms with Crippen molar-refractivity contribution in [2.75, 3.05) is 5.32 Å². The standard InChI is InChI=1S/C16H13F3N4O2S/c1-10(11-6-2-5-9-14(11)23(24)25)21-22-15(26)20-13-8-4-3-7-12(13)16(17,18)19/h2-9H,1H3,(H2,20,22,26)/b21-10-. The first-order chi connectivity index (χ1) is 12.2. The van der Waals surface area contributed by atoms with Gasteiger partial charge in [0.25, 0.3) is 5.69 Å². The van der Waals surface area contributed by atoms with Crippen molar-refractivity contribution in [2.45, 2.75) is 13.1 Å². The lowest BCUT2D eigenvalue weighted by molar-refractivity contribution is -0.385. The van der Waals surface area contributed by atoms with Crippen LogP contribution in [0, 0.1) is 10.1 Å². The summed E-state index contributed by atoms with van der Waals surface area (Å²) >= 11 is 4.94. The number of anilines is 1. The van der Waals surface area contributed by atoms with Gasteiger partial charge < -0.3 is 5.32 Å². The Balaban J connectivity index is 2.15. The van der Waals surface area contributed by atoms with Crippen LogP contribution in [0.5, 0.6) is 0 Å². The van der Waals surface area contributed by atoms with Gasteiger partial charge in [-0.3, -0.25) is 15.5 Å². The number of thiocarbonyl (C=S) groups is 1. The number of hydrazone groups is 1. The van der Waals surface area contributed by atoms with E-state index in [-0.39, 0.29) is 27.8 Å². The molecule has 0 aliphatic heterocycles. The average Bonchev–Trinajstić information content (AvgIpc) is 2.59. The lowest BCUT2D eigenvalue weighted by atomic mass is 10.1. The molecule has 0 bridgehead atoms. The van der Waals surface area contributed by atoms with E-state index in [2.05, 4.69) is 15.8 Å². The molecule has 2 aromatic carbocycles. The summed E-state index contributed by atoms with van der Waals surface area (Å²) in [5.41, 5.74) is 1.68. The van der Waals surface area contributed by atoms with E-state index in [1.807, 2.05) is 0 Å². The van der Waals surface area contributed by atoms with Gasteiger partial charge in [0, 0.05) is 6.07 Å². The van der Waals surface area contributed by atoms with Gasteiger partial charge in [0.2, 0.25) is 0 Å². The molecule has 2 rings (SSSR count). The molecule has 0 saturated carbocycles. The predicted octanol–water partition coefficient (Wildman–Crippen LogP) is 4.32. The first-order valence-corrected chi connectivity index (χ1v) is 7.62.